The summed E-state index contributed by atoms with van der Waals surface area (Å²) in [4.78, 5) is 25.4. The van der Waals surface area contributed by atoms with E-state index < -0.39 is 0 Å². The van der Waals surface area contributed by atoms with Crippen molar-refractivity contribution in [3.8, 4) is 12.3 Å². The van der Waals surface area contributed by atoms with Crippen molar-refractivity contribution >= 4 is 11.9 Å². The number of rotatable bonds is 3. The number of carbonyl (C=O) groups is 2. The first kappa shape index (κ1) is 16.4. The van der Waals surface area contributed by atoms with Crippen LogP contribution in [0.1, 0.15) is 33.6 Å². The molecule has 1 atom stereocenters. The highest BCUT2D eigenvalue weighted by molar-refractivity contribution is 5.81. The highest BCUT2D eigenvalue weighted by atomic mass is 16.2. The topological polar surface area (TPSA) is 61.4 Å². The monoisotopic (exact) mass is 279 g/mol. The molecule has 0 aromatic heterocycles. The lowest BCUT2D eigenvalue weighted by Gasteiger charge is -2.33. The number of urea groups is 1. The van der Waals surface area contributed by atoms with Gasteiger partial charge in [0.1, 0.15) is 0 Å². The third kappa shape index (κ3) is 5.12. The number of terminal acetylenes is 1. The smallest absolute Gasteiger partial charge is 0.318 e. The van der Waals surface area contributed by atoms with E-state index in [1.807, 2.05) is 20.8 Å². The van der Waals surface area contributed by atoms with E-state index in [1.54, 1.807) is 4.90 Å². The highest BCUT2D eigenvalue weighted by Gasteiger charge is 2.26. The van der Waals surface area contributed by atoms with Crippen LogP contribution in [0.2, 0.25) is 0 Å². The molecular formula is C15H25N3O2. The summed E-state index contributed by atoms with van der Waals surface area (Å²) in [6.07, 6.45) is 7.11. The van der Waals surface area contributed by atoms with Gasteiger partial charge in [0, 0.05) is 25.0 Å². The lowest BCUT2D eigenvalue weighted by atomic mass is 9.94. The van der Waals surface area contributed by atoms with Crippen molar-refractivity contribution in [3.63, 3.8) is 0 Å². The molecule has 112 valence electrons. The molecule has 0 aromatic carbocycles. The van der Waals surface area contributed by atoms with E-state index in [0.29, 0.717) is 19.0 Å². The fraction of sp³-hybridized carbons (Fsp3) is 0.733. The SMILES string of the molecule is C#CCNC(=O)N1CCC[C@@H](CNC(=O)C(C)(C)C)C1. The molecular weight excluding hydrogens is 254 g/mol. The number of hydrogen-bond acceptors (Lipinski definition) is 2. The van der Waals surface area contributed by atoms with Crippen LogP contribution in [-0.2, 0) is 4.79 Å². The Morgan fingerprint density at radius 1 is 1.35 bits per heavy atom. The second-order valence-electron chi connectivity index (χ2n) is 6.28. The lowest BCUT2D eigenvalue weighted by Crippen LogP contribution is -2.48. The molecule has 1 rings (SSSR count). The second kappa shape index (κ2) is 7.18. The van der Waals surface area contributed by atoms with Gasteiger partial charge in [-0.3, -0.25) is 4.79 Å². The van der Waals surface area contributed by atoms with E-state index >= 15 is 0 Å². The minimum absolute atomic E-state index is 0.0476. The molecule has 1 fully saturated rings. The van der Waals surface area contributed by atoms with Gasteiger partial charge < -0.3 is 15.5 Å². The molecule has 0 radical (unpaired) electrons. The Bertz CT molecular complexity index is 393. The van der Waals surface area contributed by atoms with Crippen LogP contribution in [0.4, 0.5) is 4.79 Å². The van der Waals surface area contributed by atoms with Crippen molar-refractivity contribution < 1.29 is 9.59 Å². The van der Waals surface area contributed by atoms with Crippen LogP contribution in [-0.4, -0.2) is 43.0 Å². The van der Waals surface area contributed by atoms with Gasteiger partial charge in [-0.2, -0.15) is 0 Å². The fourth-order valence-corrected chi connectivity index (χ4v) is 2.16. The van der Waals surface area contributed by atoms with E-state index in [2.05, 4.69) is 16.6 Å². The maximum Gasteiger partial charge on any atom is 0.318 e. The van der Waals surface area contributed by atoms with Crippen LogP contribution in [0.15, 0.2) is 0 Å². The van der Waals surface area contributed by atoms with Crippen LogP contribution in [0.5, 0.6) is 0 Å². The summed E-state index contributed by atoms with van der Waals surface area (Å²) in [6.45, 7) is 7.96. The summed E-state index contributed by atoms with van der Waals surface area (Å²) in [7, 11) is 0. The van der Waals surface area contributed by atoms with Gasteiger partial charge in [0.2, 0.25) is 5.91 Å². The van der Waals surface area contributed by atoms with Crippen molar-refractivity contribution in [3.05, 3.63) is 0 Å². The zero-order chi connectivity index (χ0) is 15.2. The molecule has 5 heteroatoms. The highest BCUT2D eigenvalue weighted by Crippen LogP contribution is 2.17. The van der Waals surface area contributed by atoms with Gasteiger partial charge in [0.05, 0.1) is 6.54 Å². The number of nitrogens with one attached hydrogen (secondary N) is 2. The van der Waals surface area contributed by atoms with Crippen molar-refractivity contribution in [2.24, 2.45) is 11.3 Å². The van der Waals surface area contributed by atoms with Crippen LogP contribution >= 0.6 is 0 Å². The summed E-state index contributed by atoms with van der Waals surface area (Å²) < 4.78 is 0. The average Bonchev–Trinajstić information content (AvgIpc) is 2.41. The third-order valence-corrected chi connectivity index (χ3v) is 3.38. The molecule has 5 nitrogen and oxygen atoms in total. The van der Waals surface area contributed by atoms with E-state index in [0.717, 1.165) is 19.4 Å². The second-order valence-corrected chi connectivity index (χ2v) is 6.28. The molecule has 0 aromatic rings. The summed E-state index contributed by atoms with van der Waals surface area (Å²) in [5, 5.41) is 5.64. The molecule has 1 aliphatic heterocycles. The third-order valence-electron chi connectivity index (χ3n) is 3.38. The zero-order valence-corrected chi connectivity index (χ0v) is 12.7. The predicted octanol–water partition coefficient (Wildman–Crippen LogP) is 1.20. The van der Waals surface area contributed by atoms with E-state index in [-0.39, 0.29) is 23.9 Å². The lowest BCUT2D eigenvalue weighted by molar-refractivity contribution is -0.128. The number of nitrogens with zero attached hydrogens (tertiary/aromatic N) is 1. The number of carbonyl (C=O) groups excluding carboxylic acids is 2. The van der Waals surface area contributed by atoms with E-state index in [9.17, 15) is 9.59 Å². The maximum atomic E-state index is 11.8. The van der Waals surface area contributed by atoms with Gasteiger partial charge in [-0.05, 0) is 18.8 Å². The molecule has 3 amide bonds. The van der Waals surface area contributed by atoms with Gasteiger partial charge in [0.25, 0.3) is 0 Å². The molecule has 2 N–H and O–H groups in total. The Morgan fingerprint density at radius 2 is 2.05 bits per heavy atom. The van der Waals surface area contributed by atoms with E-state index in [1.165, 1.54) is 0 Å². The molecule has 1 aliphatic rings. The Kier molecular flexibility index (Phi) is 5.87. The summed E-state index contributed by atoms with van der Waals surface area (Å²) in [6, 6.07) is -0.116. The Labute approximate surface area is 121 Å². The first-order valence-electron chi connectivity index (χ1n) is 7.09. The number of likely N-dealkylation sites (tertiary alicyclic amines) is 1. The molecule has 1 heterocycles. The van der Waals surface area contributed by atoms with Crippen molar-refractivity contribution in [2.45, 2.75) is 33.6 Å². The Morgan fingerprint density at radius 3 is 2.65 bits per heavy atom. The Hall–Kier alpha value is -1.70. The van der Waals surface area contributed by atoms with E-state index in [4.69, 9.17) is 6.42 Å². The average molecular weight is 279 g/mol. The number of hydrogen-bond donors (Lipinski definition) is 2. The van der Waals surface area contributed by atoms with Gasteiger partial charge in [-0.15, -0.1) is 6.42 Å². The largest absolute Gasteiger partial charge is 0.355 e. The number of piperidine rings is 1. The zero-order valence-electron chi connectivity index (χ0n) is 12.7. The summed E-state index contributed by atoms with van der Waals surface area (Å²) >= 11 is 0. The first-order chi connectivity index (χ1) is 9.34. The standard InChI is InChI=1S/C15H25N3O2/c1-5-8-16-14(20)18-9-6-7-12(11-18)10-17-13(19)15(2,3)4/h1,12H,6-11H2,2-4H3,(H,16,20)(H,17,19)/t12-/m0/s1. The van der Waals surface area contributed by atoms with Gasteiger partial charge in [-0.1, -0.05) is 26.7 Å². The Balaban J connectivity index is 2.40. The van der Waals surface area contributed by atoms with Crippen molar-refractivity contribution in [1.29, 1.82) is 0 Å². The van der Waals surface area contributed by atoms with Gasteiger partial charge in [-0.25, -0.2) is 4.79 Å². The molecule has 0 unspecified atom stereocenters. The van der Waals surface area contributed by atoms with Gasteiger partial charge in [0.15, 0.2) is 0 Å². The van der Waals surface area contributed by atoms with Crippen molar-refractivity contribution in [1.82, 2.24) is 15.5 Å². The quantitative estimate of drug-likeness (QED) is 0.763. The van der Waals surface area contributed by atoms with Gasteiger partial charge >= 0.3 is 6.03 Å². The number of amides is 3. The molecule has 0 spiro atoms. The minimum atomic E-state index is -0.376. The van der Waals surface area contributed by atoms with Crippen LogP contribution < -0.4 is 10.6 Å². The maximum absolute atomic E-state index is 11.8. The molecule has 0 bridgehead atoms. The van der Waals surface area contributed by atoms with Crippen LogP contribution in [0.25, 0.3) is 0 Å². The van der Waals surface area contributed by atoms with Crippen molar-refractivity contribution in [2.75, 3.05) is 26.2 Å². The molecule has 20 heavy (non-hydrogen) atoms. The van der Waals surface area contributed by atoms with Crippen LogP contribution in [0.3, 0.4) is 0 Å². The van der Waals surface area contributed by atoms with Crippen LogP contribution in [0, 0.1) is 23.7 Å². The predicted molar refractivity (Wildman–Crippen MR) is 79.0 cm³/mol. The fourth-order valence-electron chi connectivity index (χ4n) is 2.16. The minimum Gasteiger partial charge on any atom is -0.355 e. The molecule has 0 saturated carbocycles. The molecule has 1 saturated heterocycles. The molecule has 0 aliphatic carbocycles. The summed E-state index contributed by atoms with van der Waals surface area (Å²) in [5.41, 5.74) is -0.376. The summed E-state index contributed by atoms with van der Waals surface area (Å²) in [5.74, 6) is 2.75. The first-order valence-corrected chi connectivity index (χ1v) is 7.09. The normalized spacial score (nSPS) is 19.1.